The molecule has 0 bridgehead atoms. The van der Waals surface area contributed by atoms with Crippen LogP contribution in [0.25, 0.3) is 10.9 Å². The highest BCUT2D eigenvalue weighted by atomic mass is 35.5. The van der Waals surface area contributed by atoms with Crippen LogP contribution in [-0.4, -0.2) is 39.0 Å². The lowest BCUT2D eigenvalue weighted by atomic mass is 10.2. The first-order chi connectivity index (χ1) is 12.5. The maximum Gasteiger partial charge on any atom is 0.293 e. The van der Waals surface area contributed by atoms with E-state index >= 15 is 0 Å². The molecule has 1 unspecified atom stereocenters. The monoisotopic (exact) mass is 390 g/mol. The van der Waals surface area contributed by atoms with Crippen LogP contribution in [0.15, 0.2) is 30.6 Å². The Balaban J connectivity index is 1.72. The van der Waals surface area contributed by atoms with Gasteiger partial charge in [0, 0.05) is 24.0 Å². The lowest BCUT2D eigenvalue weighted by Crippen LogP contribution is -2.42. The van der Waals surface area contributed by atoms with Gasteiger partial charge in [0.1, 0.15) is 6.17 Å². The molecule has 0 saturated heterocycles. The minimum atomic E-state index is -0.215. The topological polar surface area (TPSA) is 60.2 Å². The third-order valence-electron chi connectivity index (χ3n) is 4.74. The predicted octanol–water partition coefficient (Wildman–Crippen LogP) is 3.96. The van der Waals surface area contributed by atoms with Gasteiger partial charge >= 0.3 is 0 Å². The van der Waals surface area contributed by atoms with E-state index in [1.807, 2.05) is 19.1 Å². The highest BCUT2D eigenvalue weighted by molar-refractivity contribution is 6.45. The highest BCUT2D eigenvalue weighted by Crippen LogP contribution is 2.37. The number of carbonyl (C=O) groups excluding carboxylic acids is 1. The average Bonchev–Trinajstić information content (AvgIpc) is 3.05. The van der Waals surface area contributed by atoms with Crippen LogP contribution in [0.2, 0.25) is 10.0 Å². The number of hydrogen-bond acceptors (Lipinski definition) is 4. The van der Waals surface area contributed by atoms with Crippen LogP contribution in [0.5, 0.6) is 5.75 Å². The van der Waals surface area contributed by atoms with Crippen molar-refractivity contribution in [3.8, 4) is 5.75 Å². The second kappa shape index (κ2) is 6.45. The standard InChI is InChI=1S/C18H16Cl2N4O2/c1-10-23(18(25)17-21-8-12(26-2)9-22-17)6-5-11-7-13-15(24(10)11)4-3-14(19)16(13)20/h3-4,7-10H,5-6H2,1-2H3. The first-order valence-electron chi connectivity index (χ1n) is 8.16. The number of fused-ring (bicyclic) bond motifs is 3. The zero-order chi connectivity index (χ0) is 18.4. The summed E-state index contributed by atoms with van der Waals surface area (Å²) in [7, 11) is 1.53. The molecule has 1 aliphatic heterocycles. The molecule has 1 aromatic carbocycles. The normalized spacial score (nSPS) is 16.6. The van der Waals surface area contributed by atoms with Crippen LogP contribution >= 0.6 is 23.2 Å². The molecule has 1 aliphatic rings. The summed E-state index contributed by atoms with van der Waals surface area (Å²) in [5.41, 5.74) is 2.08. The Morgan fingerprint density at radius 1 is 1.27 bits per heavy atom. The van der Waals surface area contributed by atoms with E-state index in [4.69, 9.17) is 27.9 Å². The molecule has 134 valence electrons. The number of methoxy groups -OCH3 is 1. The SMILES string of the molecule is COc1cnc(C(=O)N2CCc3cc4c(Cl)c(Cl)ccc4n3C2C)nc1. The average molecular weight is 391 g/mol. The zero-order valence-electron chi connectivity index (χ0n) is 14.2. The lowest BCUT2D eigenvalue weighted by molar-refractivity contribution is 0.0572. The molecular formula is C18H16Cl2N4O2. The van der Waals surface area contributed by atoms with E-state index in [1.165, 1.54) is 19.5 Å². The second-order valence-electron chi connectivity index (χ2n) is 6.13. The number of amides is 1. The van der Waals surface area contributed by atoms with E-state index in [2.05, 4.69) is 14.5 Å². The van der Waals surface area contributed by atoms with Gasteiger partial charge in [0.2, 0.25) is 5.82 Å². The van der Waals surface area contributed by atoms with Crippen LogP contribution in [0, 0.1) is 0 Å². The fourth-order valence-electron chi connectivity index (χ4n) is 3.42. The molecule has 1 amide bonds. The van der Waals surface area contributed by atoms with Gasteiger partial charge in [-0.25, -0.2) is 9.97 Å². The Bertz CT molecular complexity index is 1000. The van der Waals surface area contributed by atoms with Crippen molar-refractivity contribution in [3.05, 3.63) is 52.2 Å². The number of rotatable bonds is 2. The third-order valence-corrected chi connectivity index (χ3v) is 5.56. The molecule has 0 N–H and O–H groups in total. The molecule has 0 fully saturated rings. The Hall–Kier alpha value is -2.31. The van der Waals surface area contributed by atoms with Crippen molar-refractivity contribution in [2.45, 2.75) is 19.5 Å². The minimum Gasteiger partial charge on any atom is -0.494 e. The first kappa shape index (κ1) is 17.1. The summed E-state index contributed by atoms with van der Waals surface area (Å²) in [6.07, 6.45) is 3.52. The summed E-state index contributed by atoms with van der Waals surface area (Å²) < 4.78 is 7.16. The van der Waals surface area contributed by atoms with Crippen LogP contribution in [0.3, 0.4) is 0 Å². The summed E-state index contributed by atoms with van der Waals surface area (Å²) >= 11 is 12.5. The molecule has 0 spiro atoms. The van der Waals surface area contributed by atoms with E-state index in [1.54, 1.807) is 11.0 Å². The van der Waals surface area contributed by atoms with Crippen LogP contribution < -0.4 is 4.74 Å². The van der Waals surface area contributed by atoms with Gasteiger partial charge < -0.3 is 14.2 Å². The summed E-state index contributed by atoms with van der Waals surface area (Å²) in [4.78, 5) is 22.9. The van der Waals surface area contributed by atoms with E-state index in [-0.39, 0.29) is 17.9 Å². The molecule has 26 heavy (non-hydrogen) atoms. The van der Waals surface area contributed by atoms with Crippen LogP contribution in [0.4, 0.5) is 0 Å². The molecule has 2 aromatic heterocycles. The van der Waals surface area contributed by atoms with Gasteiger partial charge in [-0.15, -0.1) is 0 Å². The molecule has 0 radical (unpaired) electrons. The van der Waals surface area contributed by atoms with Gasteiger partial charge in [0.05, 0.1) is 35.1 Å². The quantitative estimate of drug-likeness (QED) is 0.664. The summed E-state index contributed by atoms with van der Waals surface area (Å²) in [6, 6.07) is 5.76. The molecule has 4 rings (SSSR count). The summed E-state index contributed by atoms with van der Waals surface area (Å²) in [5.74, 6) is 0.449. The van der Waals surface area contributed by atoms with Gasteiger partial charge in [-0.3, -0.25) is 4.79 Å². The van der Waals surface area contributed by atoms with Crippen molar-refractivity contribution in [1.29, 1.82) is 0 Å². The minimum absolute atomic E-state index is 0.152. The summed E-state index contributed by atoms with van der Waals surface area (Å²) in [6.45, 7) is 2.56. The van der Waals surface area contributed by atoms with Gasteiger partial charge in [-0.1, -0.05) is 23.2 Å². The number of carbonyl (C=O) groups is 1. The smallest absolute Gasteiger partial charge is 0.293 e. The molecule has 1 atom stereocenters. The number of nitrogens with zero attached hydrogens (tertiary/aromatic N) is 4. The predicted molar refractivity (Wildman–Crippen MR) is 100.0 cm³/mol. The maximum absolute atomic E-state index is 12.9. The molecule has 6 nitrogen and oxygen atoms in total. The lowest BCUT2D eigenvalue weighted by Gasteiger charge is -2.35. The van der Waals surface area contributed by atoms with Crippen molar-refractivity contribution >= 4 is 40.0 Å². The van der Waals surface area contributed by atoms with E-state index in [9.17, 15) is 4.79 Å². The van der Waals surface area contributed by atoms with Crippen LogP contribution in [0.1, 0.15) is 29.4 Å². The molecule has 0 saturated carbocycles. The van der Waals surface area contributed by atoms with Gasteiger partial charge in [-0.05, 0) is 25.1 Å². The number of ether oxygens (including phenoxy) is 1. The van der Waals surface area contributed by atoms with E-state index in [0.29, 0.717) is 22.3 Å². The maximum atomic E-state index is 12.9. The van der Waals surface area contributed by atoms with Crippen molar-refractivity contribution in [2.24, 2.45) is 0 Å². The number of hydrogen-bond donors (Lipinski definition) is 0. The number of aromatic nitrogens is 3. The van der Waals surface area contributed by atoms with E-state index in [0.717, 1.165) is 23.0 Å². The Labute approximate surface area is 160 Å². The van der Waals surface area contributed by atoms with Gasteiger partial charge in [0.25, 0.3) is 5.91 Å². The van der Waals surface area contributed by atoms with E-state index < -0.39 is 0 Å². The van der Waals surface area contributed by atoms with Crippen molar-refractivity contribution in [1.82, 2.24) is 19.4 Å². The molecule has 0 aliphatic carbocycles. The zero-order valence-corrected chi connectivity index (χ0v) is 15.8. The van der Waals surface area contributed by atoms with Gasteiger partial charge in [-0.2, -0.15) is 0 Å². The van der Waals surface area contributed by atoms with Crippen molar-refractivity contribution in [2.75, 3.05) is 13.7 Å². The largest absolute Gasteiger partial charge is 0.494 e. The third kappa shape index (κ3) is 2.61. The van der Waals surface area contributed by atoms with Crippen molar-refractivity contribution < 1.29 is 9.53 Å². The molecule has 3 aromatic rings. The Morgan fingerprint density at radius 3 is 2.69 bits per heavy atom. The number of benzene rings is 1. The highest BCUT2D eigenvalue weighted by Gasteiger charge is 2.31. The Morgan fingerprint density at radius 2 is 2.00 bits per heavy atom. The fraction of sp³-hybridized carbons (Fsp3) is 0.278. The molecular weight excluding hydrogens is 375 g/mol. The van der Waals surface area contributed by atoms with Crippen LogP contribution in [-0.2, 0) is 6.42 Å². The summed E-state index contributed by atoms with van der Waals surface area (Å²) in [5, 5.41) is 1.96. The van der Waals surface area contributed by atoms with Gasteiger partial charge in [0.15, 0.2) is 5.75 Å². The number of halogens is 2. The van der Waals surface area contributed by atoms with Crippen molar-refractivity contribution in [3.63, 3.8) is 0 Å². The fourth-order valence-corrected chi connectivity index (χ4v) is 3.80. The first-order valence-corrected chi connectivity index (χ1v) is 8.91. The molecule has 3 heterocycles. The second-order valence-corrected chi connectivity index (χ2v) is 6.91. The molecule has 8 heteroatoms. The Kier molecular flexibility index (Phi) is 4.25.